The molecule has 1 aliphatic heterocycles. The Bertz CT molecular complexity index is 885. The van der Waals surface area contributed by atoms with Crippen molar-refractivity contribution in [3.63, 3.8) is 0 Å². The van der Waals surface area contributed by atoms with Gasteiger partial charge in [-0.3, -0.25) is 14.6 Å². The predicted octanol–water partition coefficient (Wildman–Crippen LogP) is 1.21. The minimum atomic E-state index is -1.05. The van der Waals surface area contributed by atoms with Crippen LogP contribution in [0.5, 0.6) is 0 Å². The van der Waals surface area contributed by atoms with Crippen LogP contribution in [0.15, 0.2) is 48.8 Å². The maximum Gasteiger partial charge on any atom is 0.255 e. The lowest BCUT2D eigenvalue weighted by Crippen LogP contribution is -2.49. The molecule has 0 radical (unpaired) electrons. The van der Waals surface area contributed by atoms with E-state index >= 15 is 0 Å². The van der Waals surface area contributed by atoms with E-state index in [1.807, 2.05) is 30.3 Å². The van der Waals surface area contributed by atoms with Gasteiger partial charge in [0.05, 0.1) is 17.7 Å². The van der Waals surface area contributed by atoms with Gasteiger partial charge in [-0.1, -0.05) is 36.8 Å². The fourth-order valence-corrected chi connectivity index (χ4v) is 3.86. The first-order valence-corrected chi connectivity index (χ1v) is 9.99. The van der Waals surface area contributed by atoms with Crippen LogP contribution >= 0.6 is 0 Å². The summed E-state index contributed by atoms with van der Waals surface area (Å²) >= 11 is 0. The third-order valence-corrected chi connectivity index (χ3v) is 5.86. The summed E-state index contributed by atoms with van der Waals surface area (Å²) in [6.07, 6.45) is 4.01. The van der Waals surface area contributed by atoms with Gasteiger partial charge in [-0.2, -0.15) is 0 Å². The van der Waals surface area contributed by atoms with Crippen LogP contribution in [0.4, 0.5) is 0 Å². The fourth-order valence-electron chi connectivity index (χ4n) is 3.86. The number of nitrogens with one attached hydrogen (secondary N) is 1. The normalized spacial score (nSPS) is 22.8. The number of amides is 2. The Labute approximate surface area is 169 Å². The van der Waals surface area contributed by atoms with E-state index in [2.05, 4.69) is 10.3 Å². The second-order valence-corrected chi connectivity index (χ2v) is 7.86. The van der Waals surface area contributed by atoms with Gasteiger partial charge >= 0.3 is 0 Å². The molecule has 0 spiro atoms. The number of nitrogens with zero attached hydrogens (tertiary/aromatic N) is 2. The zero-order valence-corrected chi connectivity index (χ0v) is 16.1. The Hall–Kier alpha value is -2.77. The third-order valence-electron chi connectivity index (χ3n) is 5.86. The van der Waals surface area contributed by atoms with Crippen molar-refractivity contribution in [3.8, 4) is 11.1 Å². The van der Waals surface area contributed by atoms with E-state index in [0.717, 1.165) is 30.4 Å². The molecule has 152 valence electrons. The highest BCUT2D eigenvalue weighted by Gasteiger charge is 2.38. The van der Waals surface area contributed by atoms with E-state index in [1.54, 1.807) is 12.3 Å². The molecule has 1 aromatic carbocycles. The molecule has 7 heteroatoms. The lowest BCUT2D eigenvalue weighted by atomic mass is 9.81. The number of pyridine rings is 1. The van der Waals surface area contributed by atoms with Gasteiger partial charge < -0.3 is 20.4 Å². The molecular weight excluding hydrogens is 370 g/mol. The van der Waals surface area contributed by atoms with Crippen LogP contribution in [0.25, 0.3) is 11.1 Å². The molecule has 2 amide bonds. The van der Waals surface area contributed by atoms with E-state index in [1.165, 1.54) is 11.1 Å². The number of aliphatic hydroxyl groups is 2. The van der Waals surface area contributed by atoms with Gasteiger partial charge in [0.1, 0.15) is 6.10 Å². The van der Waals surface area contributed by atoms with Crippen molar-refractivity contribution < 1.29 is 19.8 Å². The molecular formula is C22H25N3O4. The van der Waals surface area contributed by atoms with Gasteiger partial charge in [-0.25, -0.2) is 0 Å². The molecule has 3 atom stereocenters. The number of aliphatic hydroxyl groups excluding tert-OH is 2. The van der Waals surface area contributed by atoms with Crippen LogP contribution in [0.2, 0.25) is 0 Å². The number of aromatic nitrogens is 1. The van der Waals surface area contributed by atoms with E-state index in [9.17, 15) is 19.8 Å². The summed E-state index contributed by atoms with van der Waals surface area (Å²) in [7, 11) is 0. The lowest BCUT2D eigenvalue weighted by Gasteiger charge is -2.30. The molecule has 2 aromatic rings. The minimum Gasteiger partial charge on any atom is -0.389 e. The molecule has 2 heterocycles. The number of hydrogen-bond acceptors (Lipinski definition) is 5. The summed E-state index contributed by atoms with van der Waals surface area (Å²) in [5.41, 5.74) is 2.23. The number of rotatable bonds is 5. The molecule has 4 rings (SSSR count). The average molecular weight is 395 g/mol. The summed E-state index contributed by atoms with van der Waals surface area (Å²) < 4.78 is 0. The topological polar surface area (TPSA) is 103 Å². The molecule has 7 nitrogen and oxygen atoms in total. The van der Waals surface area contributed by atoms with E-state index in [0.29, 0.717) is 5.56 Å². The van der Waals surface area contributed by atoms with E-state index in [4.69, 9.17) is 0 Å². The summed E-state index contributed by atoms with van der Waals surface area (Å²) in [6, 6.07) is 10.9. The number of β-amino-alcohol motifs (C(OH)–C–C–N with tert-alkyl or cyclic N) is 1. The fraction of sp³-hybridized carbons (Fsp3) is 0.409. The summed E-state index contributed by atoms with van der Waals surface area (Å²) in [5, 5.41) is 23.1. The van der Waals surface area contributed by atoms with Gasteiger partial charge in [-0.15, -0.1) is 0 Å². The summed E-state index contributed by atoms with van der Waals surface area (Å²) in [4.78, 5) is 30.9. The molecule has 0 unspecified atom stereocenters. The third kappa shape index (κ3) is 4.16. The van der Waals surface area contributed by atoms with Crippen LogP contribution in [-0.4, -0.2) is 63.3 Å². The number of benzene rings is 1. The highest BCUT2D eigenvalue weighted by atomic mass is 16.3. The highest BCUT2D eigenvalue weighted by molar-refractivity contribution is 5.95. The molecule has 3 N–H and O–H groups in total. The Morgan fingerprint density at radius 2 is 1.86 bits per heavy atom. The molecule has 2 fully saturated rings. The van der Waals surface area contributed by atoms with Crippen LogP contribution in [0, 0.1) is 5.92 Å². The summed E-state index contributed by atoms with van der Waals surface area (Å²) in [6.45, 7) is 0.317. The predicted molar refractivity (Wildman–Crippen MR) is 107 cm³/mol. The quantitative estimate of drug-likeness (QED) is 0.706. The van der Waals surface area contributed by atoms with Crippen LogP contribution in [-0.2, 0) is 4.79 Å². The number of carbonyl (C=O) groups excluding carboxylic acids is 2. The van der Waals surface area contributed by atoms with Gasteiger partial charge in [-0.05, 0) is 30.4 Å². The molecule has 29 heavy (non-hydrogen) atoms. The van der Waals surface area contributed by atoms with Crippen LogP contribution in [0.1, 0.15) is 29.6 Å². The maximum atomic E-state index is 12.9. The molecule has 0 bridgehead atoms. The highest BCUT2D eigenvalue weighted by Crippen LogP contribution is 2.29. The monoisotopic (exact) mass is 395 g/mol. The Morgan fingerprint density at radius 3 is 2.55 bits per heavy atom. The average Bonchev–Trinajstić information content (AvgIpc) is 3.07. The van der Waals surface area contributed by atoms with Gasteiger partial charge in [0, 0.05) is 31.0 Å². The first-order valence-electron chi connectivity index (χ1n) is 9.99. The zero-order chi connectivity index (χ0) is 20.4. The lowest BCUT2D eigenvalue weighted by molar-refractivity contribution is -0.135. The zero-order valence-electron chi connectivity index (χ0n) is 16.1. The SMILES string of the molecule is O=C(N[C@@H]1CN(C(=O)c2cncc(-c3ccccc3)c2)C[C@H]1O)[C@@H](O)C1CCC1. The summed E-state index contributed by atoms with van der Waals surface area (Å²) in [5.74, 6) is -0.718. The van der Waals surface area contributed by atoms with Gasteiger partial charge in [0.25, 0.3) is 5.91 Å². The number of likely N-dealkylation sites (tertiary alicyclic amines) is 1. The van der Waals surface area contributed by atoms with Crippen molar-refractivity contribution in [2.75, 3.05) is 13.1 Å². The number of hydrogen-bond donors (Lipinski definition) is 3. The van der Waals surface area contributed by atoms with Crippen molar-refractivity contribution in [2.24, 2.45) is 5.92 Å². The molecule has 1 saturated heterocycles. The van der Waals surface area contributed by atoms with Crippen molar-refractivity contribution >= 4 is 11.8 Å². The van der Waals surface area contributed by atoms with Crippen molar-refractivity contribution in [1.29, 1.82) is 0 Å². The smallest absolute Gasteiger partial charge is 0.255 e. The standard InChI is InChI=1S/C22H25N3O4/c26-19-13-25(12-18(19)24-21(28)20(27)15-7-4-8-15)22(29)17-9-16(10-23-11-17)14-5-2-1-3-6-14/h1-3,5-6,9-11,15,18-20,26-27H,4,7-8,12-13H2,(H,24,28)/t18-,19-,20+/m1/s1. The molecule has 1 aliphatic carbocycles. The number of carbonyl (C=O) groups is 2. The Balaban J connectivity index is 1.41. The van der Waals surface area contributed by atoms with Crippen molar-refractivity contribution in [2.45, 2.75) is 37.5 Å². The minimum absolute atomic E-state index is 0.00178. The van der Waals surface area contributed by atoms with Crippen molar-refractivity contribution in [1.82, 2.24) is 15.2 Å². The Morgan fingerprint density at radius 1 is 1.10 bits per heavy atom. The first-order chi connectivity index (χ1) is 14.0. The van der Waals surface area contributed by atoms with Crippen LogP contribution < -0.4 is 5.32 Å². The maximum absolute atomic E-state index is 12.9. The first kappa shape index (κ1) is 19.5. The second-order valence-electron chi connectivity index (χ2n) is 7.86. The molecule has 1 saturated carbocycles. The molecule has 2 aliphatic rings. The largest absolute Gasteiger partial charge is 0.389 e. The van der Waals surface area contributed by atoms with Crippen molar-refractivity contribution in [3.05, 3.63) is 54.4 Å². The van der Waals surface area contributed by atoms with Gasteiger partial charge in [0.15, 0.2) is 0 Å². The van der Waals surface area contributed by atoms with Crippen LogP contribution in [0.3, 0.4) is 0 Å². The Kier molecular flexibility index (Phi) is 5.60. The second kappa shape index (κ2) is 8.31. The van der Waals surface area contributed by atoms with E-state index < -0.39 is 24.2 Å². The van der Waals surface area contributed by atoms with E-state index in [-0.39, 0.29) is 24.9 Å². The van der Waals surface area contributed by atoms with Gasteiger partial charge in [0.2, 0.25) is 5.91 Å². The molecule has 1 aromatic heterocycles.